The zero-order valence-electron chi connectivity index (χ0n) is 9.20. The van der Waals surface area contributed by atoms with Gasteiger partial charge in [0.05, 0.1) is 5.52 Å². The fourth-order valence-corrected chi connectivity index (χ4v) is 1.02. The number of hydrogen-bond donors (Lipinski definition) is 0. The van der Waals surface area contributed by atoms with Crippen molar-refractivity contribution in [2.75, 3.05) is 0 Å². The maximum Gasteiger partial charge on any atom is 1.00 e. The van der Waals surface area contributed by atoms with Crippen LogP contribution in [0.2, 0.25) is 0 Å². The summed E-state index contributed by atoms with van der Waals surface area (Å²) >= 11 is 0. The molecule has 1 heterocycles. The fraction of sp³-hybridized carbons (Fsp3) is 0. The third-order valence-corrected chi connectivity index (χ3v) is 1.51. The fourth-order valence-electron chi connectivity index (χ4n) is 1.02. The van der Waals surface area contributed by atoms with Gasteiger partial charge in [0, 0.05) is 11.6 Å². The van der Waals surface area contributed by atoms with Gasteiger partial charge in [-0.05, 0) is 12.1 Å². The van der Waals surface area contributed by atoms with E-state index in [-0.39, 0.29) is 1.43 Å². The van der Waals surface area contributed by atoms with E-state index in [1.807, 2.05) is 30.5 Å². The van der Waals surface area contributed by atoms with Gasteiger partial charge >= 0.3 is 34.4 Å². The smallest absolute Gasteiger partial charge is 0.256 e. The van der Waals surface area contributed by atoms with Crippen LogP contribution in [-0.4, -0.2) is 4.98 Å². The number of fused-ring (bicyclic) bond motifs is 1. The molecule has 0 spiro atoms. The molecule has 2 rings (SSSR count). The van der Waals surface area contributed by atoms with E-state index >= 15 is 0 Å². The van der Waals surface area contributed by atoms with Crippen molar-refractivity contribution in [3.63, 3.8) is 0 Å². The number of pyridine rings is 1. The average molecular weight is 275 g/mol. The van der Waals surface area contributed by atoms with Crippen LogP contribution in [0.25, 0.3) is 10.9 Å². The summed E-state index contributed by atoms with van der Waals surface area (Å²) in [6, 6.07) is 12.1. The Balaban J connectivity index is 0.000000326. The van der Waals surface area contributed by atoms with Crippen LogP contribution in [0, 0.1) is 0 Å². The topological polar surface area (TPSA) is 12.9 Å². The minimum absolute atomic E-state index is 0. The van der Waals surface area contributed by atoms with Gasteiger partial charge in [0.15, 0.2) is 0 Å². The number of halogens is 6. The van der Waals surface area contributed by atoms with E-state index in [1.165, 1.54) is 5.39 Å². The number of para-hydroxylation sites is 1. The molecule has 0 aliphatic rings. The van der Waals surface area contributed by atoms with Crippen molar-refractivity contribution in [3.05, 3.63) is 42.6 Å². The van der Waals surface area contributed by atoms with E-state index in [0.717, 1.165) is 5.52 Å². The number of nitrogens with zero attached hydrogens (tertiary/aromatic N) is 1. The molecule has 1 aromatic carbocycles. The molecule has 0 aliphatic carbocycles. The summed E-state index contributed by atoms with van der Waals surface area (Å²) in [4.78, 5) is 4.18. The first-order chi connectivity index (χ1) is 7.42. The molecule has 0 atom stereocenters. The Morgan fingerprint density at radius 2 is 1.29 bits per heavy atom. The van der Waals surface area contributed by atoms with Crippen molar-refractivity contribution in [2.24, 2.45) is 0 Å². The average Bonchev–Trinajstić information content (AvgIpc) is 2.13. The predicted octanol–water partition coefficient (Wildman–Crippen LogP) is 5.73. The maximum atomic E-state index is 9.87. The Bertz CT molecular complexity index is 449. The summed E-state index contributed by atoms with van der Waals surface area (Å²) in [5.74, 6) is 0. The van der Waals surface area contributed by atoms with Crippen LogP contribution in [-0.2, 0) is 0 Å². The largest absolute Gasteiger partial charge is 1.00 e. The van der Waals surface area contributed by atoms with Crippen molar-refractivity contribution in [3.8, 4) is 0 Å². The zero-order chi connectivity index (χ0) is 13.2. The van der Waals surface area contributed by atoms with Crippen molar-refractivity contribution in [1.82, 2.24) is 4.98 Å². The van der Waals surface area contributed by atoms with Gasteiger partial charge in [-0.3, -0.25) is 4.98 Å². The van der Waals surface area contributed by atoms with E-state index in [1.54, 1.807) is 0 Å². The van der Waals surface area contributed by atoms with E-state index in [2.05, 4.69) is 17.1 Å². The molecule has 96 valence electrons. The normalized spacial score (nSPS) is 15.4. The Morgan fingerprint density at radius 3 is 1.82 bits per heavy atom. The second-order valence-electron chi connectivity index (χ2n) is 3.15. The first kappa shape index (κ1) is 13.7. The monoisotopic (exact) mass is 275 g/mol. The van der Waals surface area contributed by atoms with Crippen molar-refractivity contribution >= 4 is 18.7 Å². The van der Waals surface area contributed by atoms with Crippen LogP contribution < -0.4 is 0 Å². The molecular weight excluding hydrogens is 267 g/mol. The van der Waals surface area contributed by atoms with E-state index in [9.17, 15) is 25.2 Å². The van der Waals surface area contributed by atoms with Crippen LogP contribution in [0.3, 0.4) is 0 Å². The van der Waals surface area contributed by atoms with Gasteiger partial charge in [-0.2, -0.15) is 0 Å². The van der Waals surface area contributed by atoms with Crippen LogP contribution in [0.4, 0.5) is 25.2 Å². The van der Waals surface area contributed by atoms with Crippen molar-refractivity contribution < 1.29 is 26.6 Å². The minimum atomic E-state index is -10.7. The van der Waals surface area contributed by atoms with E-state index < -0.39 is 7.81 Å². The molecule has 0 unspecified atom stereocenters. The molecule has 0 saturated heterocycles. The molecule has 0 amide bonds. The summed E-state index contributed by atoms with van der Waals surface area (Å²) in [5.41, 5.74) is 1.06. The van der Waals surface area contributed by atoms with E-state index in [4.69, 9.17) is 0 Å². The number of benzene rings is 1. The van der Waals surface area contributed by atoms with Crippen molar-refractivity contribution in [2.45, 2.75) is 0 Å². The minimum Gasteiger partial charge on any atom is -0.256 e. The molecule has 0 aliphatic heterocycles. The third-order valence-electron chi connectivity index (χ3n) is 1.51. The summed E-state index contributed by atoms with van der Waals surface area (Å²) in [6.45, 7) is 0. The third kappa shape index (κ3) is 8.45. The van der Waals surface area contributed by atoms with Crippen LogP contribution in [0.15, 0.2) is 42.6 Å². The predicted molar refractivity (Wildman–Crippen MR) is 56.4 cm³/mol. The Hall–Kier alpha value is -1.36. The second kappa shape index (κ2) is 3.57. The Kier molecular flexibility index (Phi) is 2.87. The quantitative estimate of drug-likeness (QED) is 0.442. The molecule has 0 fully saturated rings. The van der Waals surface area contributed by atoms with Gasteiger partial charge < -0.3 is 0 Å². The van der Waals surface area contributed by atoms with Gasteiger partial charge in [0.1, 0.15) is 0 Å². The molecule has 0 saturated carbocycles. The van der Waals surface area contributed by atoms with Crippen molar-refractivity contribution in [1.29, 1.82) is 0 Å². The molecule has 0 bridgehead atoms. The molecule has 8 heteroatoms. The first-order valence-corrected chi connectivity index (χ1v) is 6.31. The molecule has 0 N–H and O–H groups in total. The Labute approximate surface area is 93.8 Å². The zero-order valence-corrected chi connectivity index (χ0v) is 9.10. The number of rotatable bonds is 0. The van der Waals surface area contributed by atoms with Gasteiger partial charge in [0.2, 0.25) is 0 Å². The van der Waals surface area contributed by atoms with Crippen LogP contribution in [0.5, 0.6) is 0 Å². The number of hydrogen-bond acceptors (Lipinski definition) is 1. The summed E-state index contributed by atoms with van der Waals surface area (Å²) in [7, 11) is -10.7. The van der Waals surface area contributed by atoms with Crippen LogP contribution >= 0.6 is 7.81 Å². The molecule has 0 radical (unpaired) electrons. The summed E-state index contributed by atoms with van der Waals surface area (Å²) in [5, 5.41) is 1.20. The standard InChI is InChI=1S/C9H7N.F6P/c1-2-6-9-8(4-1)5-3-7-10-9;1-7(2,3,4,5)6/h1-7H;/q;-1/p+1. The molecule has 2 aromatic rings. The summed E-state index contributed by atoms with van der Waals surface area (Å²) < 4.78 is 59.2. The first-order valence-electron chi connectivity index (χ1n) is 4.28. The van der Waals surface area contributed by atoms with Gasteiger partial charge in [-0.1, -0.05) is 24.3 Å². The van der Waals surface area contributed by atoms with Gasteiger partial charge in [0.25, 0.3) is 0 Å². The maximum absolute atomic E-state index is 10.7. The molecular formula is C9H8F6NP. The van der Waals surface area contributed by atoms with E-state index in [0.29, 0.717) is 0 Å². The number of aromatic nitrogens is 1. The van der Waals surface area contributed by atoms with Gasteiger partial charge in [-0.15, -0.1) is 0 Å². The summed E-state index contributed by atoms with van der Waals surface area (Å²) in [6.07, 6.45) is 1.81. The SMILES string of the molecule is F[P-](F)(F)(F)(F)F.[H+].c1ccc2ncccc2c1. The second-order valence-corrected chi connectivity index (χ2v) is 5.07. The molecule has 1 aromatic heterocycles. The van der Waals surface area contributed by atoms with Gasteiger partial charge in [-0.25, -0.2) is 0 Å². The molecule has 17 heavy (non-hydrogen) atoms. The Morgan fingerprint density at radius 1 is 0.824 bits per heavy atom. The molecule has 1 nitrogen and oxygen atoms in total. The van der Waals surface area contributed by atoms with Crippen LogP contribution in [0.1, 0.15) is 1.43 Å².